The van der Waals surface area contributed by atoms with Crippen LogP contribution in [-0.4, -0.2) is 75.2 Å². The molecule has 0 spiro atoms. The summed E-state index contributed by atoms with van der Waals surface area (Å²) in [7, 11) is -3.52. The summed E-state index contributed by atoms with van der Waals surface area (Å²) in [6.45, 7) is 6.60. The van der Waals surface area contributed by atoms with Crippen molar-refractivity contribution >= 4 is 21.8 Å². The fraction of sp³-hybridized carbons (Fsp3) is 0.500. The maximum atomic E-state index is 13.4. The summed E-state index contributed by atoms with van der Waals surface area (Å²) in [6.07, 6.45) is 0. The molecule has 2 saturated heterocycles. The van der Waals surface area contributed by atoms with Crippen LogP contribution in [0.3, 0.4) is 0 Å². The monoisotopic (exact) mass is 435 g/mol. The number of halogens is 1. The van der Waals surface area contributed by atoms with Gasteiger partial charge in [0.25, 0.3) is 0 Å². The van der Waals surface area contributed by atoms with E-state index in [9.17, 15) is 12.8 Å². The average Bonchev–Trinajstić information content (AvgIpc) is 2.74. The SMILES string of the molecule is Cc1cc(N2CCOCC2)nc(N2CCN(S(=O)(=O)Cc3cccc(F)c3)CC2)n1. The highest BCUT2D eigenvalue weighted by Crippen LogP contribution is 2.21. The zero-order valence-electron chi connectivity index (χ0n) is 17.0. The number of benzene rings is 1. The average molecular weight is 436 g/mol. The van der Waals surface area contributed by atoms with Gasteiger partial charge in [0.1, 0.15) is 11.6 Å². The zero-order valence-corrected chi connectivity index (χ0v) is 17.8. The summed E-state index contributed by atoms with van der Waals surface area (Å²) in [6, 6.07) is 7.70. The number of rotatable bonds is 5. The lowest BCUT2D eigenvalue weighted by Gasteiger charge is -2.35. The fourth-order valence-electron chi connectivity index (χ4n) is 3.73. The first-order valence-electron chi connectivity index (χ1n) is 10.1. The Balaban J connectivity index is 1.42. The summed E-state index contributed by atoms with van der Waals surface area (Å²) >= 11 is 0. The van der Waals surface area contributed by atoms with Gasteiger partial charge in [-0.05, 0) is 24.6 Å². The van der Waals surface area contributed by atoms with E-state index in [0.29, 0.717) is 50.9 Å². The number of nitrogens with zero attached hydrogens (tertiary/aromatic N) is 5. The van der Waals surface area contributed by atoms with Crippen molar-refractivity contribution in [2.24, 2.45) is 0 Å². The second kappa shape index (κ2) is 8.83. The van der Waals surface area contributed by atoms with E-state index in [1.54, 1.807) is 6.07 Å². The van der Waals surface area contributed by atoms with Crippen molar-refractivity contribution in [3.05, 3.63) is 47.4 Å². The van der Waals surface area contributed by atoms with Crippen LogP contribution in [0.2, 0.25) is 0 Å². The molecule has 0 saturated carbocycles. The molecular weight excluding hydrogens is 409 g/mol. The van der Waals surface area contributed by atoms with Gasteiger partial charge in [-0.3, -0.25) is 0 Å². The van der Waals surface area contributed by atoms with Crippen molar-refractivity contribution < 1.29 is 17.5 Å². The minimum atomic E-state index is -3.52. The normalized spacial score (nSPS) is 18.6. The summed E-state index contributed by atoms with van der Waals surface area (Å²) in [5, 5.41) is 0. The van der Waals surface area contributed by atoms with Crippen LogP contribution < -0.4 is 9.80 Å². The molecule has 0 aliphatic carbocycles. The molecule has 1 aromatic heterocycles. The minimum absolute atomic E-state index is 0.202. The zero-order chi connectivity index (χ0) is 21.1. The van der Waals surface area contributed by atoms with Gasteiger partial charge in [0.05, 0.1) is 19.0 Å². The largest absolute Gasteiger partial charge is 0.378 e. The molecule has 0 radical (unpaired) electrons. The van der Waals surface area contributed by atoms with E-state index in [0.717, 1.165) is 24.6 Å². The maximum absolute atomic E-state index is 13.4. The molecule has 0 atom stereocenters. The Morgan fingerprint density at radius 3 is 2.43 bits per heavy atom. The summed E-state index contributed by atoms with van der Waals surface area (Å²) < 4.78 is 45.8. The number of piperazine rings is 1. The number of aryl methyl sites for hydroxylation is 1. The second-order valence-corrected chi connectivity index (χ2v) is 9.51. The van der Waals surface area contributed by atoms with E-state index < -0.39 is 15.8 Å². The van der Waals surface area contributed by atoms with Crippen molar-refractivity contribution in [2.75, 3.05) is 62.3 Å². The van der Waals surface area contributed by atoms with Crippen molar-refractivity contribution in [3.63, 3.8) is 0 Å². The fourth-order valence-corrected chi connectivity index (χ4v) is 5.23. The third kappa shape index (κ3) is 4.88. The number of hydrogen-bond acceptors (Lipinski definition) is 7. The quantitative estimate of drug-likeness (QED) is 0.703. The van der Waals surface area contributed by atoms with Crippen molar-refractivity contribution in [3.8, 4) is 0 Å². The van der Waals surface area contributed by atoms with Crippen LogP contribution >= 0.6 is 0 Å². The van der Waals surface area contributed by atoms with Crippen LogP contribution in [0.25, 0.3) is 0 Å². The molecule has 162 valence electrons. The molecule has 1 aromatic carbocycles. The van der Waals surface area contributed by atoms with E-state index in [-0.39, 0.29) is 5.75 Å². The van der Waals surface area contributed by atoms with E-state index in [4.69, 9.17) is 9.72 Å². The van der Waals surface area contributed by atoms with Crippen LogP contribution in [0, 0.1) is 12.7 Å². The van der Waals surface area contributed by atoms with Crippen LogP contribution in [0.4, 0.5) is 16.2 Å². The molecule has 0 N–H and O–H groups in total. The van der Waals surface area contributed by atoms with Gasteiger partial charge in [-0.25, -0.2) is 17.8 Å². The first kappa shape index (κ1) is 21.0. The van der Waals surface area contributed by atoms with Gasteiger partial charge in [-0.2, -0.15) is 9.29 Å². The molecule has 0 amide bonds. The van der Waals surface area contributed by atoms with E-state index in [1.165, 1.54) is 22.5 Å². The summed E-state index contributed by atoms with van der Waals surface area (Å²) in [5.41, 5.74) is 1.33. The van der Waals surface area contributed by atoms with Crippen LogP contribution in [-0.2, 0) is 20.5 Å². The van der Waals surface area contributed by atoms with Crippen molar-refractivity contribution in [1.29, 1.82) is 0 Å². The Morgan fingerprint density at radius 2 is 1.73 bits per heavy atom. The van der Waals surface area contributed by atoms with E-state index >= 15 is 0 Å². The lowest BCUT2D eigenvalue weighted by Crippen LogP contribution is -2.49. The topological polar surface area (TPSA) is 78.9 Å². The van der Waals surface area contributed by atoms with Gasteiger partial charge in [0.15, 0.2) is 0 Å². The van der Waals surface area contributed by atoms with Gasteiger partial charge in [0.2, 0.25) is 16.0 Å². The predicted octanol–water partition coefficient (Wildman–Crippen LogP) is 1.41. The lowest BCUT2D eigenvalue weighted by molar-refractivity contribution is 0.122. The Hall–Kier alpha value is -2.30. The van der Waals surface area contributed by atoms with E-state index in [2.05, 4.69) is 9.88 Å². The molecule has 2 aliphatic rings. The third-order valence-electron chi connectivity index (χ3n) is 5.32. The Bertz CT molecular complexity index is 990. The van der Waals surface area contributed by atoms with Gasteiger partial charge in [-0.1, -0.05) is 12.1 Å². The summed E-state index contributed by atoms with van der Waals surface area (Å²) in [5.74, 6) is 0.869. The lowest BCUT2D eigenvalue weighted by atomic mass is 10.2. The highest BCUT2D eigenvalue weighted by Gasteiger charge is 2.28. The van der Waals surface area contributed by atoms with Gasteiger partial charge in [-0.15, -0.1) is 0 Å². The maximum Gasteiger partial charge on any atom is 0.227 e. The molecule has 2 aromatic rings. The van der Waals surface area contributed by atoms with Crippen molar-refractivity contribution in [1.82, 2.24) is 14.3 Å². The Kier molecular flexibility index (Phi) is 6.16. The first-order valence-corrected chi connectivity index (χ1v) is 11.7. The predicted molar refractivity (Wildman–Crippen MR) is 113 cm³/mol. The van der Waals surface area contributed by atoms with Gasteiger partial charge < -0.3 is 14.5 Å². The van der Waals surface area contributed by atoms with Crippen molar-refractivity contribution in [2.45, 2.75) is 12.7 Å². The van der Waals surface area contributed by atoms with Crippen LogP contribution in [0.15, 0.2) is 30.3 Å². The number of anilines is 2. The molecular formula is C20H26FN5O3S. The standard InChI is InChI=1S/C20H26FN5O3S/c1-16-13-19(24-9-11-29-12-10-24)23-20(22-16)25-5-7-26(8-6-25)30(27,28)15-17-3-2-4-18(21)14-17/h2-4,13-14H,5-12,15H2,1H3. The molecule has 2 aliphatic heterocycles. The molecule has 8 nitrogen and oxygen atoms in total. The molecule has 0 unspecified atom stereocenters. The third-order valence-corrected chi connectivity index (χ3v) is 7.17. The Morgan fingerprint density at radius 1 is 1.00 bits per heavy atom. The van der Waals surface area contributed by atoms with Gasteiger partial charge >= 0.3 is 0 Å². The van der Waals surface area contributed by atoms with Crippen LogP contribution in [0.5, 0.6) is 0 Å². The molecule has 2 fully saturated rings. The molecule has 4 rings (SSSR count). The Labute approximate surface area is 176 Å². The second-order valence-electron chi connectivity index (χ2n) is 7.54. The number of morpholine rings is 1. The minimum Gasteiger partial charge on any atom is -0.378 e. The van der Waals surface area contributed by atoms with Crippen LogP contribution in [0.1, 0.15) is 11.3 Å². The number of sulfonamides is 1. The number of aromatic nitrogens is 2. The molecule has 30 heavy (non-hydrogen) atoms. The summed E-state index contributed by atoms with van der Waals surface area (Å²) in [4.78, 5) is 13.5. The molecule has 0 bridgehead atoms. The smallest absolute Gasteiger partial charge is 0.227 e. The van der Waals surface area contributed by atoms with Gasteiger partial charge in [0, 0.05) is 51.0 Å². The van der Waals surface area contributed by atoms with E-state index in [1.807, 2.05) is 17.9 Å². The molecule has 10 heteroatoms. The number of ether oxygens (including phenoxy) is 1. The molecule has 3 heterocycles. The number of hydrogen-bond donors (Lipinski definition) is 0. The first-order chi connectivity index (χ1) is 14.4. The highest BCUT2D eigenvalue weighted by atomic mass is 32.2. The highest BCUT2D eigenvalue weighted by molar-refractivity contribution is 7.88.